The van der Waals surface area contributed by atoms with E-state index in [0.29, 0.717) is 0 Å². The van der Waals surface area contributed by atoms with E-state index in [-0.39, 0.29) is 0 Å². The van der Waals surface area contributed by atoms with Crippen LogP contribution in [0.15, 0.2) is 12.3 Å². The molecule has 1 N–H and O–H groups in total. The topological polar surface area (TPSA) is 112 Å². The Morgan fingerprint density at radius 2 is 2.16 bits per heavy atom. The molecule has 11 heteroatoms. The first-order valence-corrected chi connectivity index (χ1v) is 9.16. The lowest BCUT2D eigenvalue weighted by Crippen LogP contribution is -2.56. The summed E-state index contributed by atoms with van der Waals surface area (Å²) in [6.07, 6.45) is -1.94. The number of ketones is 1. The predicted molar refractivity (Wildman–Crippen MR) is 79.6 cm³/mol. The summed E-state index contributed by atoms with van der Waals surface area (Å²) in [6.45, 7) is 3.55. The van der Waals surface area contributed by atoms with E-state index in [4.69, 9.17) is 18.3 Å². The number of rotatable bonds is 3. The molecule has 3 aliphatic rings. The third-order valence-electron chi connectivity index (χ3n) is 4.01. The van der Waals surface area contributed by atoms with E-state index in [9.17, 15) is 19.3 Å². The number of phosphoric acid groups is 1. The molecule has 0 saturated carbocycles. The SMILES string of the molecule is CC(C)OP1(=O)OC[C@@]2(F)O[C@@H](N3C=CC(=O)CC3=O)[C@](C)(O)[C@@H]2O1. The zero-order valence-electron chi connectivity index (χ0n) is 13.9. The van der Waals surface area contributed by atoms with E-state index in [0.717, 1.165) is 17.2 Å². The van der Waals surface area contributed by atoms with Gasteiger partial charge in [-0.15, -0.1) is 0 Å². The molecule has 3 heterocycles. The molecule has 2 saturated heterocycles. The largest absolute Gasteiger partial charge is 0.475 e. The van der Waals surface area contributed by atoms with Gasteiger partial charge in [-0.25, -0.2) is 8.96 Å². The van der Waals surface area contributed by atoms with Gasteiger partial charge in [0.1, 0.15) is 12.2 Å². The van der Waals surface area contributed by atoms with Crippen molar-refractivity contribution in [2.24, 2.45) is 0 Å². The van der Waals surface area contributed by atoms with Crippen molar-refractivity contribution < 1.29 is 42.0 Å². The molecule has 3 rings (SSSR count). The number of nitrogens with zero attached hydrogens (tertiary/aromatic N) is 1. The highest BCUT2D eigenvalue weighted by molar-refractivity contribution is 7.48. The van der Waals surface area contributed by atoms with Crippen molar-refractivity contribution in [2.75, 3.05) is 6.61 Å². The van der Waals surface area contributed by atoms with Crippen LogP contribution in [-0.4, -0.2) is 58.2 Å². The second kappa shape index (κ2) is 5.94. The van der Waals surface area contributed by atoms with Gasteiger partial charge < -0.3 is 9.84 Å². The summed E-state index contributed by atoms with van der Waals surface area (Å²) < 4.78 is 47.9. The van der Waals surface area contributed by atoms with Gasteiger partial charge in [0.25, 0.3) is 5.85 Å². The number of carbonyl (C=O) groups excluding carboxylic acids is 2. The molecule has 0 bridgehead atoms. The molecule has 25 heavy (non-hydrogen) atoms. The van der Waals surface area contributed by atoms with Gasteiger partial charge in [-0.1, -0.05) is 0 Å². The lowest BCUT2D eigenvalue weighted by Gasteiger charge is -2.38. The Balaban J connectivity index is 1.90. The van der Waals surface area contributed by atoms with E-state index >= 15 is 4.39 Å². The van der Waals surface area contributed by atoms with Crippen LogP contribution in [0.3, 0.4) is 0 Å². The molecular formula is C14H19FNO8P. The maximum atomic E-state index is 15.1. The van der Waals surface area contributed by atoms with Gasteiger partial charge in [0.2, 0.25) is 5.91 Å². The average Bonchev–Trinajstić information content (AvgIpc) is 2.67. The molecule has 2 fully saturated rings. The minimum Gasteiger partial charge on any atom is -0.382 e. The van der Waals surface area contributed by atoms with Crippen LogP contribution in [0.5, 0.6) is 0 Å². The number of allylic oxidation sites excluding steroid dienone is 1. The number of carbonyl (C=O) groups is 2. The van der Waals surface area contributed by atoms with E-state index in [1.807, 2.05) is 0 Å². The van der Waals surface area contributed by atoms with Crippen LogP contribution in [0.4, 0.5) is 4.39 Å². The first-order valence-electron chi connectivity index (χ1n) is 7.69. The number of ether oxygens (including phenoxy) is 1. The first kappa shape index (κ1) is 18.6. The van der Waals surface area contributed by atoms with Crippen molar-refractivity contribution in [1.29, 1.82) is 0 Å². The smallest absolute Gasteiger partial charge is 0.382 e. The Morgan fingerprint density at radius 1 is 1.48 bits per heavy atom. The van der Waals surface area contributed by atoms with Crippen LogP contribution in [0.25, 0.3) is 0 Å². The van der Waals surface area contributed by atoms with Crippen molar-refractivity contribution in [2.45, 2.75) is 57.1 Å². The fourth-order valence-electron chi connectivity index (χ4n) is 2.96. The maximum Gasteiger partial charge on any atom is 0.475 e. The molecule has 1 amide bonds. The molecular weight excluding hydrogens is 360 g/mol. The minimum absolute atomic E-state index is 0.416. The fourth-order valence-corrected chi connectivity index (χ4v) is 4.61. The maximum absolute atomic E-state index is 15.1. The lowest BCUT2D eigenvalue weighted by molar-refractivity contribution is -0.224. The highest BCUT2D eigenvalue weighted by atomic mass is 31.2. The predicted octanol–water partition coefficient (Wildman–Crippen LogP) is 1.02. The van der Waals surface area contributed by atoms with Gasteiger partial charge in [-0.05, 0) is 26.8 Å². The number of hydrogen-bond donors (Lipinski definition) is 1. The van der Waals surface area contributed by atoms with Crippen molar-refractivity contribution in [3.63, 3.8) is 0 Å². The number of aliphatic hydroxyl groups is 1. The van der Waals surface area contributed by atoms with Gasteiger partial charge in [-0.3, -0.25) is 28.1 Å². The molecule has 9 nitrogen and oxygen atoms in total. The monoisotopic (exact) mass is 379 g/mol. The van der Waals surface area contributed by atoms with Crippen LogP contribution >= 0.6 is 7.82 Å². The van der Waals surface area contributed by atoms with Crippen LogP contribution in [-0.2, 0) is 32.5 Å². The Bertz CT molecular complexity index is 680. The number of alkyl halides is 1. The summed E-state index contributed by atoms with van der Waals surface area (Å²) in [5.41, 5.74) is -2.07. The molecule has 1 unspecified atom stereocenters. The fraction of sp³-hybridized carbons (Fsp3) is 0.714. The first-order chi connectivity index (χ1) is 11.5. The van der Waals surface area contributed by atoms with Gasteiger partial charge in [0.05, 0.1) is 12.5 Å². The summed E-state index contributed by atoms with van der Waals surface area (Å²) in [5, 5.41) is 10.8. The van der Waals surface area contributed by atoms with E-state index in [1.54, 1.807) is 13.8 Å². The second-order valence-corrected chi connectivity index (χ2v) is 8.18. The van der Waals surface area contributed by atoms with E-state index < -0.39 is 62.4 Å². The highest BCUT2D eigenvalue weighted by Gasteiger charge is 2.70. The third kappa shape index (κ3) is 3.18. The quantitative estimate of drug-likeness (QED) is 0.572. The van der Waals surface area contributed by atoms with E-state index in [1.165, 1.54) is 6.92 Å². The lowest BCUT2D eigenvalue weighted by atomic mass is 9.94. The van der Waals surface area contributed by atoms with Crippen molar-refractivity contribution in [3.05, 3.63) is 12.3 Å². The Kier molecular flexibility index (Phi) is 4.42. The summed E-state index contributed by atoms with van der Waals surface area (Å²) >= 11 is 0. The van der Waals surface area contributed by atoms with Crippen LogP contribution < -0.4 is 0 Å². The molecule has 0 aromatic carbocycles. The highest BCUT2D eigenvalue weighted by Crippen LogP contribution is 2.61. The zero-order chi connectivity index (χ0) is 18.6. The van der Waals surface area contributed by atoms with Crippen molar-refractivity contribution >= 4 is 19.5 Å². The molecule has 0 aliphatic carbocycles. The summed E-state index contributed by atoms with van der Waals surface area (Å²) in [4.78, 5) is 24.3. The van der Waals surface area contributed by atoms with Crippen LogP contribution in [0.1, 0.15) is 27.2 Å². The van der Waals surface area contributed by atoms with E-state index in [2.05, 4.69) is 0 Å². The molecule has 140 valence electrons. The molecule has 0 spiro atoms. The van der Waals surface area contributed by atoms with Crippen LogP contribution in [0, 0.1) is 0 Å². The van der Waals surface area contributed by atoms with Gasteiger partial charge in [0, 0.05) is 6.20 Å². The number of amides is 1. The Hall–Kier alpha value is -1.16. The Labute approximate surface area is 143 Å². The minimum atomic E-state index is -4.11. The number of halogens is 1. The third-order valence-corrected chi connectivity index (χ3v) is 5.61. The molecule has 0 radical (unpaired) electrons. The van der Waals surface area contributed by atoms with Crippen LogP contribution in [0.2, 0.25) is 0 Å². The number of phosphoric ester groups is 1. The summed E-state index contributed by atoms with van der Waals surface area (Å²) in [5.74, 6) is -3.72. The molecule has 0 aromatic rings. The summed E-state index contributed by atoms with van der Waals surface area (Å²) in [7, 11) is -4.11. The van der Waals surface area contributed by atoms with Crippen molar-refractivity contribution in [1.82, 2.24) is 4.90 Å². The Morgan fingerprint density at radius 3 is 2.76 bits per heavy atom. The zero-order valence-corrected chi connectivity index (χ0v) is 14.8. The second-order valence-electron chi connectivity index (χ2n) is 6.60. The normalized spacial score (nSPS) is 44.5. The van der Waals surface area contributed by atoms with Crippen molar-refractivity contribution in [3.8, 4) is 0 Å². The van der Waals surface area contributed by atoms with Gasteiger partial charge in [-0.2, -0.15) is 0 Å². The molecule has 0 aromatic heterocycles. The number of hydrogen-bond acceptors (Lipinski definition) is 8. The average molecular weight is 379 g/mol. The molecule has 5 atom stereocenters. The molecule has 3 aliphatic heterocycles. The summed E-state index contributed by atoms with van der Waals surface area (Å²) in [6, 6.07) is 0. The standard InChI is InChI=1S/C14H19FNO8P/c1-8(2)23-25(20)21-7-14(15)11(24-25)13(3,19)12(22-14)16-5-4-9(17)6-10(16)18/h4-5,8,11-12,19H,6-7H2,1-3H3/t11-,12+,13+,14+,25?/m0/s1. The van der Waals surface area contributed by atoms with Gasteiger partial charge >= 0.3 is 7.82 Å². The van der Waals surface area contributed by atoms with Gasteiger partial charge in [0.15, 0.2) is 18.1 Å². The number of fused-ring (bicyclic) bond motifs is 1.